The summed E-state index contributed by atoms with van der Waals surface area (Å²) in [6.45, 7) is 20.2. The van der Waals surface area contributed by atoms with E-state index >= 15 is 0 Å². The van der Waals surface area contributed by atoms with E-state index in [-0.39, 0.29) is 44.0 Å². The Morgan fingerprint density at radius 2 is 1.10 bits per heavy atom. The molecule has 14 rings (SSSR count). The second-order valence-corrected chi connectivity index (χ2v) is 24.9. The zero-order chi connectivity index (χ0) is 56.2. The summed E-state index contributed by atoms with van der Waals surface area (Å²) in [6, 6.07) is 73.7. The van der Waals surface area contributed by atoms with Gasteiger partial charge in [0.05, 0.1) is 5.69 Å². The van der Waals surface area contributed by atoms with Crippen molar-refractivity contribution in [2.75, 3.05) is 0 Å². The first kappa shape index (κ1) is 53.6. The molecule has 0 atom stereocenters. The van der Waals surface area contributed by atoms with E-state index < -0.39 is 0 Å². The summed E-state index contributed by atoms with van der Waals surface area (Å²) in [5, 5.41) is 2.07. The summed E-state index contributed by atoms with van der Waals surface area (Å²) < 4.78 is 27.0. The summed E-state index contributed by atoms with van der Waals surface area (Å²) >= 11 is 0. The largest absolute Gasteiger partial charge is 0.510 e. The van der Waals surface area contributed by atoms with Gasteiger partial charge in [-0.05, 0) is 131 Å². The molecule has 7 nitrogen and oxygen atoms in total. The summed E-state index contributed by atoms with van der Waals surface area (Å²) in [5.74, 6) is 5.29. The number of rotatable bonds is 8. The van der Waals surface area contributed by atoms with E-state index in [0.29, 0.717) is 11.5 Å². The average Bonchev–Trinajstić information content (AvgIpc) is 2.98. The summed E-state index contributed by atoms with van der Waals surface area (Å²) in [7, 11) is 0. The van der Waals surface area contributed by atoms with Gasteiger partial charge in [0.1, 0.15) is 28.8 Å². The van der Waals surface area contributed by atoms with E-state index in [9.17, 15) is 0 Å². The van der Waals surface area contributed by atoms with E-state index in [4.69, 9.17) is 19.2 Å². The van der Waals surface area contributed by atoms with Crippen LogP contribution in [-0.4, -0.2) is 20.8 Å². The predicted octanol–water partition coefficient (Wildman–Crippen LogP) is 16.1. The van der Waals surface area contributed by atoms with Gasteiger partial charge in [0.15, 0.2) is 0 Å². The molecule has 0 radical (unpaired) electrons. The van der Waals surface area contributed by atoms with E-state index in [0.717, 1.165) is 112 Å². The number of ether oxygens (including phenoxy) is 3. The van der Waals surface area contributed by atoms with Gasteiger partial charge in [-0.25, -0.2) is 4.98 Å². The van der Waals surface area contributed by atoms with Gasteiger partial charge in [-0.3, -0.25) is 4.57 Å². The topological polar surface area (TPSA) is 54.3 Å². The molecular weight excluding hydrogens is 1200 g/mol. The molecule has 0 N–H and O–H groups in total. The Kier molecular flexibility index (Phi) is 13.1. The molecule has 9 heteroatoms. The summed E-state index contributed by atoms with van der Waals surface area (Å²) in [4.78, 5) is 5.02. The Morgan fingerprint density at radius 1 is 0.506 bits per heavy atom. The van der Waals surface area contributed by atoms with Crippen molar-refractivity contribution in [1.29, 1.82) is 0 Å². The van der Waals surface area contributed by atoms with Crippen LogP contribution in [0.1, 0.15) is 79.0 Å². The number of hydrogen-bond donors (Lipinski definition) is 0. The number of hydrogen-bond acceptors (Lipinski definition) is 4. The van der Waals surface area contributed by atoms with Gasteiger partial charge in [0, 0.05) is 62.1 Å². The molecule has 0 fully saturated rings. The van der Waals surface area contributed by atoms with Crippen LogP contribution in [0.15, 0.2) is 207 Å². The fraction of sp³-hybridized carbons (Fsp3) is 0.162. The van der Waals surface area contributed by atoms with Crippen LogP contribution in [0.25, 0.3) is 72.4 Å². The number of imidazole rings is 1. The van der Waals surface area contributed by atoms with Crippen molar-refractivity contribution in [3.05, 3.63) is 242 Å². The van der Waals surface area contributed by atoms with E-state index in [1.807, 2.05) is 59.6 Å². The van der Waals surface area contributed by atoms with Gasteiger partial charge >= 0.3 is 0 Å². The number of aromatic nitrogens is 4. The zero-order valence-electron chi connectivity index (χ0n) is 48.0. The molecule has 5 heterocycles. The minimum atomic E-state index is -0.103. The molecule has 2 aliphatic heterocycles. The molecule has 12 aromatic rings. The van der Waals surface area contributed by atoms with Crippen molar-refractivity contribution in [1.82, 2.24) is 14.1 Å². The van der Waals surface area contributed by atoms with Crippen LogP contribution in [0.4, 0.5) is 0 Å². The Hall–Kier alpha value is -8.71. The smallest absolute Gasteiger partial charge is 0.267 e. The SMILES string of the molecule is CC(C)(C)c1ccnc(-n2c3[c-]c(Oc4[c-]c(-n5[c-][n+](-c6c(-c7ccccc7)cccc6-c6ccccc6)cc5)ccc4)ccc3c3cc(-c4cc5c6c(c4)Oc4cc(C(C)(C)C)ccc4B6c4ccc(C(C)(C)C)cc4O5)ccc32)c1.[Pt]. The summed E-state index contributed by atoms with van der Waals surface area (Å²) in [5.41, 5.74) is 16.9. The molecule has 0 aliphatic carbocycles. The molecule has 0 amide bonds. The molecule has 0 saturated carbocycles. The maximum absolute atomic E-state index is 7.01. The van der Waals surface area contributed by atoms with Crippen molar-refractivity contribution >= 4 is 44.9 Å². The standard InChI is InChI=1S/C74H61BN4O3.Pt/c1-72(2,3)51-27-31-61-65(41-51)81-67-39-50(40-68-70(67)75(61)62-32-28-52(73(4,5)6)42-66(62)82-68)49-26-33-63-60(38-49)59-30-29-56(45-64(59)79(63)69-43-53(34-35-76-69)74(7,8)9)80-55-23-16-22-54(44-55)77-36-37-78(46-77)71-57(47-18-12-10-13-19-47)24-17-25-58(71)48-20-14-11-15-21-48;/h10-43H,1-9H3;/q-2;. The summed E-state index contributed by atoms with van der Waals surface area (Å²) in [6.07, 6.45) is 9.58. The molecule has 0 spiro atoms. The first-order chi connectivity index (χ1) is 39.5. The minimum absolute atomic E-state index is 0. The van der Waals surface area contributed by atoms with E-state index in [1.54, 1.807) is 0 Å². The van der Waals surface area contributed by atoms with E-state index in [1.165, 1.54) is 16.7 Å². The van der Waals surface area contributed by atoms with Gasteiger partial charge in [0.2, 0.25) is 0 Å². The van der Waals surface area contributed by atoms with Crippen LogP contribution in [0, 0.1) is 18.5 Å². The van der Waals surface area contributed by atoms with Gasteiger partial charge in [-0.1, -0.05) is 183 Å². The third-order valence-electron chi connectivity index (χ3n) is 16.3. The van der Waals surface area contributed by atoms with Gasteiger partial charge in [-0.15, -0.1) is 29.7 Å². The van der Waals surface area contributed by atoms with E-state index in [2.05, 4.69) is 242 Å². The van der Waals surface area contributed by atoms with Crippen LogP contribution < -0.4 is 35.2 Å². The Labute approximate surface area is 501 Å². The van der Waals surface area contributed by atoms with Gasteiger partial charge < -0.3 is 23.3 Å². The fourth-order valence-corrected chi connectivity index (χ4v) is 11.8. The Morgan fingerprint density at radius 3 is 1.71 bits per heavy atom. The molecule has 0 saturated heterocycles. The first-order valence-corrected chi connectivity index (χ1v) is 28.3. The number of fused-ring (bicyclic) bond motifs is 7. The molecule has 0 unspecified atom stereocenters. The fourth-order valence-electron chi connectivity index (χ4n) is 11.8. The minimum Gasteiger partial charge on any atom is -0.510 e. The monoisotopic (exact) mass is 1260 g/mol. The third-order valence-corrected chi connectivity index (χ3v) is 16.3. The number of benzene rings is 9. The number of nitrogens with zero attached hydrogens (tertiary/aromatic N) is 4. The van der Waals surface area contributed by atoms with Gasteiger partial charge in [0.25, 0.3) is 13.0 Å². The zero-order valence-corrected chi connectivity index (χ0v) is 50.3. The van der Waals surface area contributed by atoms with Crippen molar-refractivity contribution in [3.63, 3.8) is 0 Å². The predicted molar refractivity (Wildman–Crippen MR) is 333 cm³/mol. The average molecular weight is 1260 g/mol. The second kappa shape index (κ2) is 20.3. The molecule has 83 heavy (non-hydrogen) atoms. The maximum atomic E-state index is 7.01. The molecule has 3 aromatic heterocycles. The quantitative estimate of drug-likeness (QED) is 0.0864. The van der Waals surface area contributed by atoms with Crippen LogP contribution in [-0.2, 0) is 37.3 Å². The van der Waals surface area contributed by atoms with Crippen LogP contribution in [0.2, 0.25) is 0 Å². The number of para-hydroxylation sites is 1. The normalized spacial score (nSPS) is 12.7. The van der Waals surface area contributed by atoms with Crippen LogP contribution in [0.5, 0.6) is 34.5 Å². The van der Waals surface area contributed by atoms with Crippen LogP contribution in [0.3, 0.4) is 0 Å². The molecule has 410 valence electrons. The molecule has 2 aliphatic rings. The second-order valence-electron chi connectivity index (χ2n) is 24.9. The van der Waals surface area contributed by atoms with Crippen molar-refractivity contribution in [3.8, 4) is 85.1 Å². The Bertz CT molecular complexity index is 4360. The number of pyridine rings is 1. The van der Waals surface area contributed by atoms with Crippen molar-refractivity contribution in [2.24, 2.45) is 0 Å². The van der Waals surface area contributed by atoms with Crippen molar-refractivity contribution < 1.29 is 39.8 Å². The maximum Gasteiger partial charge on any atom is 0.267 e. The Balaban J connectivity index is 0.00000645. The first-order valence-electron chi connectivity index (χ1n) is 28.3. The van der Waals surface area contributed by atoms with Crippen molar-refractivity contribution in [2.45, 2.75) is 78.6 Å². The molecular formula is C74H61BN4O3Pt-2. The molecule has 0 bridgehead atoms. The van der Waals surface area contributed by atoms with Gasteiger partial charge in [-0.2, -0.15) is 18.2 Å². The molecule has 9 aromatic carbocycles. The van der Waals surface area contributed by atoms with Crippen LogP contribution >= 0.6 is 0 Å². The third kappa shape index (κ3) is 9.67.